The average Bonchev–Trinajstić information content (AvgIpc) is 3.21. The summed E-state index contributed by atoms with van der Waals surface area (Å²) in [5, 5.41) is 0. The molecule has 31 heavy (non-hydrogen) atoms. The highest BCUT2D eigenvalue weighted by molar-refractivity contribution is 9.10. The van der Waals surface area contributed by atoms with E-state index in [4.69, 9.17) is 15.3 Å². The molecule has 7 nitrogen and oxygen atoms in total. The molecule has 1 amide bonds. The minimum absolute atomic E-state index is 0.0532. The van der Waals surface area contributed by atoms with Crippen LogP contribution < -0.4 is 20.7 Å². The van der Waals surface area contributed by atoms with Gasteiger partial charge in [-0.2, -0.15) is 0 Å². The van der Waals surface area contributed by atoms with E-state index in [0.29, 0.717) is 44.0 Å². The first-order valence-corrected chi connectivity index (χ1v) is 10.0. The van der Waals surface area contributed by atoms with Crippen LogP contribution in [-0.2, 0) is 6.61 Å². The SMILES string of the molecule is COc1cc(-c2nc3ccc(C(=O)NN)cc3[nH]2)cc(Br)c1OCc1ccccc1F. The monoisotopic (exact) mass is 484 g/mol. The second-order valence-corrected chi connectivity index (χ2v) is 7.51. The van der Waals surface area contributed by atoms with Gasteiger partial charge in [-0.1, -0.05) is 18.2 Å². The van der Waals surface area contributed by atoms with E-state index < -0.39 is 0 Å². The third-order valence-electron chi connectivity index (χ3n) is 4.71. The van der Waals surface area contributed by atoms with Gasteiger partial charge >= 0.3 is 0 Å². The second kappa shape index (κ2) is 8.75. The first-order valence-electron chi connectivity index (χ1n) is 9.25. The molecule has 0 aliphatic carbocycles. The Morgan fingerprint density at radius 1 is 1.23 bits per heavy atom. The van der Waals surface area contributed by atoms with E-state index in [1.54, 1.807) is 42.5 Å². The number of H-pyrrole nitrogens is 1. The number of imidazole rings is 1. The summed E-state index contributed by atoms with van der Waals surface area (Å²) in [7, 11) is 1.53. The van der Waals surface area contributed by atoms with Gasteiger partial charge in [0.25, 0.3) is 5.91 Å². The number of carbonyl (C=O) groups is 1. The minimum Gasteiger partial charge on any atom is -0.493 e. The third-order valence-corrected chi connectivity index (χ3v) is 5.30. The van der Waals surface area contributed by atoms with E-state index in [1.165, 1.54) is 13.2 Å². The van der Waals surface area contributed by atoms with Crippen molar-refractivity contribution in [3.05, 3.63) is 76.0 Å². The molecule has 4 aromatic rings. The lowest BCUT2D eigenvalue weighted by Crippen LogP contribution is -2.29. The average molecular weight is 485 g/mol. The molecule has 4 N–H and O–H groups in total. The maximum Gasteiger partial charge on any atom is 0.265 e. The number of nitrogen functional groups attached to an aromatic ring is 1. The number of aromatic nitrogens is 2. The first kappa shape index (κ1) is 20.8. The smallest absolute Gasteiger partial charge is 0.265 e. The number of nitrogens with two attached hydrogens (primary N) is 1. The molecule has 0 bridgehead atoms. The van der Waals surface area contributed by atoms with Gasteiger partial charge in [-0.3, -0.25) is 10.2 Å². The van der Waals surface area contributed by atoms with Gasteiger partial charge in [-0.05, 0) is 52.3 Å². The number of nitrogens with one attached hydrogen (secondary N) is 2. The molecule has 0 saturated carbocycles. The lowest BCUT2D eigenvalue weighted by Gasteiger charge is -2.14. The summed E-state index contributed by atoms with van der Waals surface area (Å²) >= 11 is 3.50. The number of halogens is 2. The van der Waals surface area contributed by atoms with Crippen molar-refractivity contribution in [2.24, 2.45) is 5.84 Å². The van der Waals surface area contributed by atoms with Crippen LogP contribution in [0, 0.1) is 5.82 Å². The molecule has 9 heteroatoms. The summed E-state index contributed by atoms with van der Waals surface area (Å²) < 4.78 is 25.8. The Labute approximate surface area is 185 Å². The number of methoxy groups -OCH3 is 1. The topological polar surface area (TPSA) is 102 Å². The number of aromatic amines is 1. The number of hydrazine groups is 1. The fourth-order valence-electron chi connectivity index (χ4n) is 3.13. The largest absolute Gasteiger partial charge is 0.493 e. The number of ether oxygens (including phenoxy) is 2. The van der Waals surface area contributed by atoms with Crippen LogP contribution in [0.5, 0.6) is 11.5 Å². The van der Waals surface area contributed by atoms with Crippen molar-refractivity contribution in [2.45, 2.75) is 6.61 Å². The molecular weight excluding hydrogens is 467 g/mol. The second-order valence-electron chi connectivity index (χ2n) is 6.66. The lowest BCUT2D eigenvalue weighted by atomic mass is 10.2. The highest BCUT2D eigenvalue weighted by Crippen LogP contribution is 2.40. The summed E-state index contributed by atoms with van der Waals surface area (Å²) in [5.74, 6) is 5.97. The lowest BCUT2D eigenvalue weighted by molar-refractivity contribution is 0.0954. The highest BCUT2D eigenvalue weighted by Gasteiger charge is 2.16. The van der Waals surface area contributed by atoms with Gasteiger partial charge < -0.3 is 14.5 Å². The van der Waals surface area contributed by atoms with Crippen molar-refractivity contribution in [3.63, 3.8) is 0 Å². The molecule has 0 saturated heterocycles. The number of hydrogen-bond donors (Lipinski definition) is 3. The minimum atomic E-state index is -0.390. The van der Waals surface area contributed by atoms with Crippen LogP contribution in [0.3, 0.4) is 0 Å². The molecule has 0 fully saturated rings. The van der Waals surface area contributed by atoms with E-state index in [0.717, 1.165) is 5.56 Å². The fourth-order valence-corrected chi connectivity index (χ4v) is 3.69. The summed E-state index contributed by atoms with van der Waals surface area (Å²) in [6, 6.07) is 15.1. The van der Waals surface area contributed by atoms with Gasteiger partial charge in [0.15, 0.2) is 11.5 Å². The Hall–Kier alpha value is -3.43. The Kier molecular flexibility index (Phi) is 5.88. The Bertz CT molecular complexity index is 1280. The van der Waals surface area contributed by atoms with E-state index in [2.05, 4.69) is 31.3 Å². The van der Waals surface area contributed by atoms with Crippen molar-refractivity contribution >= 4 is 32.9 Å². The predicted molar refractivity (Wildman–Crippen MR) is 118 cm³/mol. The fraction of sp³-hybridized carbons (Fsp3) is 0.0909. The zero-order chi connectivity index (χ0) is 22.0. The number of carbonyl (C=O) groups excluding carboxylic acids is 1. The summed E-state index contributed by atoms with van der Waals surface area (Å²) in [5.41, 5.74) is 5.08. The summed E-state index contributed by atoms with van der Waals surface area (Å²) in [4.78, 5) is 19.5. The van der Waals surface area contributed by atoms with Crippen molar-refractivity contribution in [3.8, 4) is 22.9 Å². The van der Waals surface area contributed by atoms with E-state index >= 15 is 0 Å². The molecule has 158 valence electrons. The van der Waals surface area contributed by atoms with Crippen LogP contribution >= 0.6 is 15.9 Å². The summed E-state index contributed by atoms with van der Waals surface area (Å²) in [6.45, 7) is 0.0532. The van der Waals surface area contributed by atoms with E-state index in [-0.39, 0.29) is 18.3 Å². The Balaban J connectivity index is 1.66. The molecule has 0 aliphatic heterocycles. The molecule has 1 aromatic heterocycles. The molecule has 0 atom stereocenters. The predicted octanol–water partition coefficient (Wildman–Crippen LogP) is 4.32. The third kappa shape index (κ3) is 4.23. The van der Waals surface area contributed by atoms with Crippen LogP contribution in [0.1, 0.15) is 15.9 Å². The van der Waals surface area contributed by atoms with Gasteiger partial charge in [0, 0.05) is 16.7 Å². The number of fused-ring (bicyclic) bond motifs is 1. The van der Waals surface area contributed by atoms with Crippen LogP contribution in [0.15, 0.2) is 59.1 Å². The molecule has 3 aromatic carbocycles. The van der Waals surface area contributed by atoms with E-state index in [1.807, 2.05) is 6.07 Å². The number of benzene rings is 3. The highest BCUT2D eigenvalue weighted by atomic mass is 79.9. The molecule has 1 heterocycles. The number of hydrogen-bond acceptors (Lipinski definition) is 5. The van der Waals surface area contributed by atoms with Gasteiger partial charge in [-0.15, -0.1) is 0 Å². The molecule has 0 radical (unpaired) electrons. The van der Waals surface area contributed by atoms with Crippen molar-refractivity contribution in [1.29, 1.82) is 0 Å². The summed E-state index contributed by atoms with van der Waals surface area (Å²) in [6.07, 6.45) is 0. The van der Waals surface area contributed by atoms with Crippen molar-refractivity contribution in [1.82, 2.24) is 15.4 Å². The maximum absolute atomic E-state index is 13.9. The molecule has 0 unspecified atom stereocenters. The van der Waals surface area contributed by atoms with Crippen LogP contribution in [0.25, 0.3) is 22.4 Å². The van der Waals surface area contributed by atoms with Gasteiger partial charge in [-0.25, -0.2) is 15.2 Å². The Morgan fingerprint density at radius 3 is 2.77 bits per heavy atom. The first-order chi connectivity index (χ1) is 15.0. The standard InChI is InChI=1S/C22H18BrFN4O3/c1-30-19-10-14(8-15(23)20(19)31-11-13-4-2-3-5-16(13)24)21-26-17-7-6-12(22(29)28-25)9-18(17)27-21/h2-10H,11,25H2,1H3,(H,26,27)(H,28,29). The quantitative estimate of drug-likeness (QED) is 0.215. The number of nitrogens with zero attached hydrogens (tertiary/aromatic N) is 1. The van der Waals surface area contributed by atoms with Gasteiger partial charge in [0.1, 0.15) is 18.2 Å². The van der Waals surface area contributed by atoms with Crippen molar-refractivity contribution < 1.29 is 18.7 Å². The maximum atomic E-state index is 13.9. The van der Waals surface area contributed by atoms with Gasteiger partial charge in [0.05, 0.1) is 22.6 Å². The normalized spacial score (nSPS) is 10.8. The van der Waals surface area contributed by atoms with E-state index in [9.17, 15) is 9.18 Å². The zero-order valence-corrected chi connectivity index (χ0v) is 18.0. The molecule has 0 aliphatic rings. The number of rotatable bonds is 6. The Morgan fingerprint density at radius 2 is 2.03 bits per heavy atom. The van der Waals surface area contributed by atoms with Crippen LogP contribution in [-0.4, -0.2) is 23.0 Å². The zero-order valence-electron chi connectivity index (χ0n) is 16.4. The van der Waals surface area contributed by atoms with Crippen molar-refractivity contribution in [2.75, 3.05) is 7.11 Å². The number of amides is 1. The molecule has 0 spiro atoms. The van der Waals surface area contributed by atoms with Crippen LogP contribution in [0.4, 0.5) is 4.39 Å². The molecular formula is C22H18BrFN4O3. The molecule has 4 rings (SSSR count). The van der Waals surface area contributed by atoms with Crippen LogP contribution in [0.2, 0.25) is 0 Å². The van der Waals surface area contributed by atoms with Gasteiger partial charge in [0.2, 0.25) is 0 Å².